The van der Waals surface area contributed by atoms with Gasteiger partial charge in [0.2, 0.25) is 10.0 Å². The van der Waals surface area contributed by atoms with Crippen molar-refractivity contribution in [2.75, 3.05) is 12.8 Å². The van der Waals surface area contributed by atoms with E-state index >= 15 is 0 Å². The summed E-state index contributed by atoms with van der Waals surface area (Å²) in [6, 6.07) is 2.98. The second-order valence-corrected chi connectivity index (χ2v) is 8.05. The molecule has 0 amide bonds. The molecular weight excluding hydrogens is 356 g/mol. The predicted octanol–water partition coefficient (Wildman–Crippen LogP) is 2.90. The molecule has 0 aliphatic heterocycles. The molecule has 1 aliphatic carbocycles. The van der Waals surface area contributed by atoms with E-state index in [9.17, 15) is 8.42 Å². The third-order valence-electron chi connectivity index (χ3n) is 3.99. The average Bonchev–Trinajstić information content (AvgIpc) is 2.43. The van der Waals surface area contributed by atoms with Crippen molar-refractivity contribution in [2.24, 2.45) is 5.92 Å². The molecule has 0 spiro atoms. The van der Waals surface area contributed by atoms with Crippen LogP contribution in [0, 0.1) is 5.92 Å². The highest BCUT2D eigenvalue weighted by atomic mass is 79.9. The highest BCUT2D eigenvalue weighted by Crippen LogP contribution is 2.33. The fourth-order valence-corrected chi connectivity index (χ4v) is 4.56. The summed E-state index contributed by atoms with van der Waals surface area (Å²) >= 11 is 3.28. The summed E-state index contributed by atoms with van der Waals surface area (Å²) in [7, 11) is -2.21. The number of sulfonamides is 1. The molecule has 2 unspecified atom stereocenters. The molecule has 0 saturated heterocycles. The zero-order valence-electron chi connectivity index (χ0n) is 12.2. The first-order chi connectivity index (χ1) is 9.85. The summed E-state index contributed by atoms with van der Waals surface area (Å²) in [6.45, 7) is 2.08. The average molecular weight is 377 g/mol. The van der Waals surface area contributed by atoms with Gasteiger partial charge in [-0.1, -0.05) is 19.8 Å². The van der Waals surface area contributed by atoms with Crippen LogP contribution in [0.1, 0.15) is 32.6 Å². The predicted molar refractivity (Wildman–Crippen MR) is 86.8 cm³/mol. The summed E-state index contributed by atoms with van der Waals surface area (Å²) in [4.78, 5) is 0.0865. The lowest BCUT2D eigenvalue weighted by Gasteiger charge is -2.29. The van der Waals surface area contributed by atoms with Crippen LogP contribution in [-0.4, -0.2) is 21.6 Å². The van der Waals surface area contributed by atoms with E-state index in [1.807, 2.05) is 0 Å². The van der Waals surface area contributed by atoms with E-state index in [1.165, 1.54) is 13.2 Å². The zero-order chi connectivity index (χ0) is 15.6. The SMILES string of the molecule is COc1cc(Br)c(N)cc1S(=O)(=O)NC1CCCCC1C. The first-order valence-electron chi connectivity index (χ1n) is 7.00. The summed E-state index contributed by atoms with van der Waals surface area (Å²) in [5.41, 5.74) is 6.18. The van der Waals surface area contributed by atoms with Gasteiger partial charge in [-0.15, -0.1) is 0 Å². The Bertz CT molecular complexity index is 619. The number of anilines is 1. The summed E-state index contributed by atoms with van der Waals surface area (Å²) in [5, 5.41) is 0. The second-order valence-electron chi connectivity index (χ2n) is 5.51. The first-order valence-corrected chi connectivity index (χ1v) is 9.28. The lowest BCUT2D eigenvalue weighted by Crippen LogP contribution is -2.41. The third-order valence-corrected chi connectivity index (χ3v) is 6.19. The maximum absolute atomic E-state index is 12.6. The molecule has 5 nitrogen and oxygen atoms in total. The smallest absolute Gasteiger partial charge is 0.244 e. The van der Waals surface area contributed by atoms with Gasteiger partial charge in [-0.05, 0) is 46.8 Å². The Morgan fingerprint density at radius 1 is 1.33 bits per heavy atom. The van der Waals surface area contributed by atoms with Gasteiger partial charge in [0.05, 0.1) is 7.11 Å². The molecule has 1 aliphatic rings. The van der Waals surface area contributed by atoms with Crippen molar-refractivity contribution < 1.29 is 13.2 Å². The number of benzene rings is 1. The number of methoxy groups -OCH3 is 1. The molecule has 2 atom stereocenters. The lowest BCUT2D eigenvalue weighted by atomic mass is 9.87. The van der Waals surface area contributed by atoms with Gasteiger partial charge in [0.15, 0.2) is 0 Å². The van der Waals surface area contributed by atoms with Crippen LogP contribution in [0.25, 0.3) is 0 Å². The number of nitrogens with two attached hydrogens (primary N) is 1. The maximum Gasteiger partial charge on any atom is 0.244 e. The Labute approximate surface area is 134 Å². The van der Waals surface area contributed by atoms with E-state index in [0.717, 1.165) is 25.7 Å². The molecule has 0 bridgehead atoms. The molecule has 1 aromatic rings. The highest BCUT2D eigenvalue weighted by molar-refractivity contribution is 9.10. The van der Waals surface area contributed by atoms with Gasteiger partial charge in [0, 0.05) is 16.2 Å². The zero-order valence-corrected chi connectivity index (χ0v) is 14.6. The molecule has 118 valence electrons. The Hall–Kier alpha value is -0.790. The monoisotopic (exact) mass is 376 g/mol. The number of hydrogen-bond donors (Lipinski definition) is 2. The van der Waals surface area contributed by atoms with Gasteiger partial charge in [-0.25, -0.2) is 13.1 Å². The van der Waals surface area contributed by atoms with Crippen molar-refractivity contribution >= 4 is 31.6 Å². The molecular formula is C14H21BrN2O3S. The number of nitrogens with one attached hydrogen (secondary N) is 1. The van der Waals surface area contributed by atoms with E-state index in [0.29, 0.717) is 16.1 Å². The van der Waals surface area contributed by atoms with Crippen LogP contribution in [0.5, 0.6) is 5.75 Å². The Balaban J connectivity index is 2.33. The summed E-state index contributed by atoms with van der Waals surface area (Å²) < 4.78 is 33.9. The Kier molecular flexibility index (Phi) is 5.16. The fourth-order valence-electron chi connectivity index (χ4n) is 2.67. The number of halogens is 1. The first kappa shape index (κ1) is 16.6. The van der Waals surface area contributed by atoms with E-state index in [-0.39, 0.29) is 16.7 Å². The minimum Gasteiger partial charge on any atom is -0.495 e. The highest BCUT2D eigenvalue weighted by Gasteiger charge is 2.29. The van der Waals surface area contributed by atoms with Crippen LogP contribution in [0.2, 0.25) is 0 Å². The van der Waals surface area contributed by atoms with Crippen molar-refractivity contribution in [3.05, 3.63) is 16.6 Å². The number of nitrogen functional groups attached to an aromatic ring is 1. The van der Waals surface area contributed by atoms with Gasteiger partial charge < -0.3 is 10.5 Å². The van der Waals surface area contributed by atoms with Crippen LogP contribution >= 0.6 is 15.9 Å². The summed E-state index contributed by atoms with van der Waals surface area (Å²) in [5.74, 6) is 0.624. The van der Waals surface area contributed by atoms with E-state index in [1.54, 1.807) is 6.07 Å². The minimum atomic E-state index is -3.65. The minimum absolute atomic E-state index is 0.0293. The Morgan fingerprint density at radius 2 is 2.00 bits per heavy atom. The third kappa shape index (κ3) is 3.70. The van der Waals surface area contributed by atoms with Crippen molar-refractivity contribution in [1.82, 2.24) is 4.72 Å². The molecule has 2 rings (SSSR count). The van der Waals surface area contributed by atoms with Gasteiger partial charge in [0.1, 0.15) is 10.6 Å². The van der Waals surface area contributed by atoms with Crippen LogP contribution in [0.4, 0.5) is 5.69 Å². The molecule has 7 heteroatoms. The van der Waals surface area contributed by atoms with Crippen molar-refractivity contribution in [3.63, 3.8) is 0 Å². The van der Waals surface area contributed by atoms with E-state index < -0.39 is 10.0 Å². The largest absolute Gasteiger partial charge is 0.495 e. The number of hydrogen-bond acceptors (Lipinski definition) is 4. The van der Waals surface area contributed by atoms with Crippen LogP contribution in [0.15, 0.2) is 21.5 Å². The van der Waals surface area contributed by atoms with E-state index in [2.05, 4.69) is 27.6 Å². The molecule has 21 heavy (non-hydrogen) atoms. The van der Waals surface area contributed by atoms with Crippen molar-refractivity contribution in [1.29, 1.82) is 0 Å². The number of rotatable bonds is 4. The fraction of sp³-hybridized carbons (Fsp3) is 0.571. The normalized spacial score (nSPS) is 23.0. The molecule has 0 heterocycles. The van der Waals surface area contributed by atoms with Crippen LogP contribution in [0.3, 0.4) is 0 Å². The molecule has 3 N–H and O–H groups in total. The quantitative estimate of drug-likeness (QED) is 0.791. The maximum atomic E-state index is 12.6. The van der Waals surface area contributed by atoms with Gasteiger partial charge in [-0.2, -0.15) is 0 Å². The van der Waals surface area contributed by atoms with Gasteiger partial charge >= 0.3 is 0 Å². The van der Waals surface area contributed by atoms with Gasteiger partial charge in [0.25, 0.3) is 0 Å². The van der Waals surface area contributed by atoms with Gasteiger partial charge in [-0.3, -0.25) is 0 Å². The topological polar surface area (TPSA) is 81.4 Å². The Morgan fingerprint density at radius 3 is 2.62 bits per heavy atom. The summed E-state index contributed by atoms with van der Waals surface area (Å²) in [6.07, 6.45) is 4.13. The molecule has 0 aromatic heterocycles. The van der Waals surface area contributed by atoms with Crippen molar-refractivity contribution in [2.45, 2.75) is 43.5 Å². The van der Waals surface area contributed by atoms with Crippen LogP contribution < -0.4 is 15.2 Å². The standard InChI is InChI=1S/C14H21BrN2O3S/c1-9-5-3-4-6-12(9)17-21(18,19)14-8-11(16)10(15)7-13(14)20-2/h7-9,12,17H,3-6,16H2,1-2H3. The lowest BCUT2D eigenvalue weighted by molar-refractivity contribution is 0.310. The number of ether oxygens (including phenoxy) is 1. The second kappa shape index (κ2) is 6.54. The molecule has 1 aromatic carbocycles. The van der Waals surface area contributed by atoms with E-state index in [4.69, 9.17) is 10.5 Å². The molecule has 1 saturated carbocycles. The molecule has 0 radical (unpaired) electrons. The molecule has 1 fully saturated rings. The van der Waals surface area contributed by atoms with Crippen molar-refractivity contribution in [3.8, 4) is 5.75 Å². The van der Waals surface area contributed by atoms with Crippen LogP contribution in [-0.2, 0) is 10.0 Å².